The summed E-state index contributed by atoms with van der Waals surface area (Å²) >= 11 is 0. The number of nitrogens with zero attached hydrogens (tertiary/aromatic N) is 1. The van der Waals surface area contributed by atoms with Crippen molar-refractivity contribution in [1.82, 2.24) is 5.32 Å². The van der Waals surface area contributed by atoms with Gasteiger partial charge in [-0.3, -0.25) is 9.59 Å². The molecule has 2 aromatic carbocycles. The number of amides is 2. The van der Waals surface area contributed by atoms with E-state index in [1.165, 1.54) is 7.11 Å². The summed E-state index contributed by atoms with van der Waals surface area (Å²) in [4.78, 5) is 25.8. The van der Waals surface area contributed by atoms with Crippen LogP contribution in [0.25, 0.3) is 0 Å². The quantitative estimate of drug-likeness (QED) is 0.683. The van der Waals surface area contributed by atoms with E-state index < -0.39 is 17.9 Å². The second-order valence-corrected chi connectivity index (χ2v) is 5.90. The third-order valence-electron chi connectivity index (χ3n) is 3.78. The molecule has 2 amide bonds. The second kappa shape index (κ2) is 8.87. The molecule has 0 aliphatic rings. The minimum atomic E-state index is -0.903. The number of aliphatic hydroxyl groups is 1. The van der Waals surface area contributed by atoms with Crippen molar-refractivity contribution in [3.05, 3.63) is 54.1 Å². The van der Waals surface area contributed by atoms with Gasteiger partial charge in [0.2, 0.25) is 0 Å². The fourth-order valence-electron chi connectivity index (χ4n) is 2.27. The largest absolute Gasteiger partial charge is 0.497 e. The van der Waals surface area contributed by atoms with Crippen LogP contribution in [0.2, 0.25) is 0 Å². The Morgan fingerprint density at radius 3 is 2.42 bits per heavy atom. The highest BCUT2D eigenvalue weighted by Crippen LogP contribution is 2.18. The Morgan fingerprint density at radius 2 is 1.81 bits per heavy atom. The summed E-state index contributed by atoms with van der Waals surface area (Å²) in [5.74, 6) is -1.06. The summed E-state index contributed by atoms with van der Waals surface area (Å²) in [5.41, 5.74) is 2.11. The number of benzene rings is 2. The van der Waals surface area contributed by atoms with Crippen molar-refractivity contribution in [2.24, 2.45) is 0 Å². The number of hydrogen-bond donors (Lipinski definition) is 3. The van der Waals surface area contributed by atoms with E-state index in [0.717, 1.165) is 5.69 Å². The molecule has 26 heavy (non-hydrogen) atoms. The highest BCUT2D eigenvalue weighted by molar-refractivity contribution is 6.39. The van der Waals surface area contributed by atoms with E-state index in [-0.39, 0.29) is 6.54 Å². The van der Waals surface area contributed by atoms with Gasteiger partial charge in [-0.15, -0.1) is 0 Å². The van der Waals surface area contributed by atoms with Crippen molar-refractivity contribution in [3.8, 4) is 5.75 Å². The van der Waals surface area contributed by atoms with Gasteiger partial charge in [0.1, 0.15) is 5.75 Å². The Bertz CT molecular complexity index is 760. The van der Waals surface area contributed by atoms with Gasteiger partial charge in [0.15, 0.2) is 0 Å². The smallest absolute Gasteiger partial charge is 0.313 e. The molecule has 0 bridgehead atoms. The lowest BCUT2D eigenvalue weighted by Crippen LogP contribution is -2.37. The molecular formula is C19H23N3O4. The SMILES string of the molecule is COc1cccc(NC(=O)C(=O)NCC(O)c2ccc(N(C)C)cc2)c1. The first-order chi connectivity index (χ1) is 12.4. The molecule has 138 valence electrons. The van der Waals surface area contributed by atoms with Gasteiger partial charge >= 0.3 is 11.8 Å². The van der Waals surface area contributed by atoms with Crippen LogP contribution < -0.4 is 20.3 Å². The number of carbonyl (C=O) groups excluding carboxylic acids is 2. The van der Waals surface area contributed by atoms with E-state index in [2.05, 4.69) is 10.6 Å². The lowest BCUT2D eigenvalue weighted by molar-refractivity contribution is -0.136. The molecule has 0 spiro atoms. The molecule has 0 saturated heterocycles. The first-order valence-electron chi connectivity index (χ1n) is 8.09. The van der Waals surface area contributed by atoms with Crippen LogP contribution in [0, 0.1) is 0 Å². The second-order valence-electron chi connectivity index (χ2n) is 5.90. The van der Waals surface area contributed by atoms with E-state index >= 15 is 0 Å². The normalized spacial score (nSPS) is 11.4. The highest BCUT2D eigenvalue weighted by atomic mass is 16.5. The predicted molar refractivity (Wildman–Crippen MR) is 100 cm³/mol. The van der Waals surface area contributed by atoms with Crippen LogP contribution in [0.15, 0.2) is 48.5 Å². The Kier molecular flexibility index (Phi) is 6.57. The molecule has 0 aromatic heterocycles. The summed E-state index contributed by atoms with van der Waals surface area (Å²) in [6, 6.07) is 14.0. The average Bonchev–Trinajstić information content (AvgIpc) is 2.65. The Labute approximate surface area is 152 Å². The van der Waals surface area contributed by atoms with Crippen molar-refractivity contribution in [3.63, 3.8) is 0 Å². The first-order valence-corrected chi connectivity index (χ1v) is 8.09. The minimum absolute atomic E-state index is 0.0638. The van der Waals surface area contributed by atoms with Gasteiger partial charge in [0.05, 0.1) is 13.2 Å². The Morgan fingerprint density at radius 1 is 1.12 bits per heavy atom. The number of nitrogens with one attached hydrogen (secondary N) is 2. The zero-order chi connectivity index (χ0) is 19.1. The van der Waals surface area contributed by atoms with E-state index in [1.807, 2.05) is 31.1 Å². The molecule has 0 aliphatic heterocycles. The van der Waals surface area contributed by atoms with Crippen molar-refractivity contribution in [2.75, 3.05) is 38.0 Å². The summed E-state index contributed by atoms with van der Waals surface area (Å²) < 4.78 is 5.06. The van der Waals surface area contributed by atoms with Crippen LogP contribution in [0.3, 0.4) is 0 Å². The number of aliphatic hydroxyl groups excluding tert-OH is 1. The Balaban J connectivity index is 1.87. The molecule has 1 unspecified atom stereocenters. The molecule has 2 rings (SSSR count). The van der Waals surface area contributed by atoms with Gasteiger partial charge in [-0.05, 0) is 29.8 Å². The fourth-order valence-corrected chi connectivity index (χ4v) is 2.27. The molecular weight excluding hydrogens is 334 g/mol. The summed E-state index contributed by atoms with van der Waals surface area (Å²) in [5, 5.41) is 15.1. The molecule has 0 heterocycles. The molecule has 7 nitrogen and oxygen atoms in total. The van der Waals surface area contributed by atoms with Crippen LogP contribution in [0.4, 0.5) is 11.4 Å². The van der Waals surface area contributed by atoms with Crippen LogP contribution in [-0.2, 0) is 9.59 Å². The standard InChI is InChI=1S/C19H23N3O4/c1-22(2)15-9-7-13(8-10-15)17(23)12-20-18(24)19(25)21-14-5-4-6-16(11-14)26-3/h4-11,17,23H,12H2,1-3H3,(H,20,24)(H,21,25). The third kappa shape index (κ3) is 5.22. The number of methoxy groups -OCH3 is 1. The first kappa shape index (κ1) is 19.3. The molecule has 0 saturated carbocycles. The molecule has 3 N–H and O–H groups in total. The molecule has 0 fully saturated rings. The number of ether oxygens (including phenoxy) is 1. The van der Waals surface area contributed by atoms with Crippen molar-refractivity contribution in [2.45, 2.75) is 6.10 Å². The maximum atomic E-state index is 11.9. The summed E-state index contributed by atoms with van der Waals surface area (Å²) in [7, 11) is 5.36. The lowest BCUT2D eigenvalue weighted by atomic mass is 10.1. The molecule has 7 heteroatoms. The number of rotatable bonds is 6. The number of anilines is 2. The zero-order valence-electron chi connectivity index (χ0n) is 15.0. The lowest BCUT2D eigenvalue weighted by Gasteiger charge is -2.15. The molecule has 1 atom stereocenters. The van der Waals surface area contributed by atoms with Crippen molar-refractivity contribution >= 4 is 23.2 Å². The molecule has 0 radical (unpaired) electrons. The van der Waals surface area contributed by atoms with Gasteiger partial charge in [0.25, 0.3) is 0 Å². The zero-order valence-corrected chi connectivity index (χ0v) is 15.0. The van der Waals surface area contributed by atoms with Crippen molar-refractivity contribution < 1.29 is 19.4 Å². The van der Waals surface area contributed by atoms with Crippen LogP contribution in [-0.4, -0.2) is 44.7 Å². The van der Waals surface area contributed by atoms with Crippen molar-refractivity contribution in [1.29, 1.82) is 0 Å². The monoisotopic (exact) mass is 357 g/mol. The van der Waals surface area contributed by atoms with Gasteiger partial charge in [0, 0.05) is 38.1 Å². The summed E-state index contributed by atoms with van der Waals surface area (Å²) in [6.45, 7) is -0.0638. The topological polar surface area (TPSA) is 90.9 Å². The average molecular weight is 357 g/mol. The van der Waals surface area contributed by atoms with Gasteiger partial charge in [-0.2, -0.15) is 0 Å². The van der Waals surface area contributed by atoms with Crippen LogP contribution in [0.5, 0.6) is 5.75 Å². The van der Waals surface area contributed by atoms with Gasteiger partial charge < -0.3 is 25.4 Å². The Hall–Kier alpha value is -3.06. The fraction of sp³-hybridized carbons (Fsp3) is 0.263. The van der Waals surface area contributed by atoms with E-state index in [9.17, 15) is 14.7 Å². The minimum Gasteiger partial charge on any atom is -0.497 e. The number of carbonyl (C=O) groups is 2. The number of hydrogen-bond acceptors (Lipinski definition) is 5. The van der Waals surface area contributed by atoms with Gasteiger partial charge in [-0.1, -0.05) is 18.2 Å². The molecule has 2 aromatic rings. The maximum absolute atomic E-state index is 11.9. The third-order valence-corrected chi connectivity index (χ3v) is 3.78. The van der Waals surface area contributed by atoms with E-state index in [1.54, 1.807) is 36.4 Å². The van der Waals surface area contributed by atoms with Gasteiger partial charge in [-0.25, -0.2) is 0 Å². The highest BCUT2D eigenvalue weighted by Gasteiger charge is 2.16. The van der Waals surface area contributed by atoms with Crippen LogP contribution >= 0.6 is 0 Å². The van der Waals surface area contributed by atoms with E-state index in [0.29, 0.717) is 17.0 Å². The molecule has 0 aliphatic carbocycles. The summed E-state index contributed by atoms with van der Waals surface area (Å²) in [6.07, 6.45) is -0.903. The maximum Gasteiger partial charge on any atom is 0.313 e. The van der Waals surface area contributed by atoms with Crippen LogP contribution in [0.1, 0.15) is 11.7 Å². The van der Waals surface area contributed by atoms with E-state index in [4.69, 9.17) is 4.74 Å². The predicted octanol–water partition coefficient (Wildman–Crippen LogP) is 1.55.